The molecule has 0 saturated heterocycles. The van der Waals surface area contributed by atoms with E-state index in [0.717, 1.165) is 16.7 Å². The summed E-state index contributed by atoms with van der Waals surface area (Å²) in [5, 5.41) is 0. The molecule has 0 N–H and O–H groups in total. The van der Waals surface area contributed by atoms with Gasteiger partial charge in [-0.2, -0.15) is 0 Å². The van der Waals surface area contributed by atoms with Crippen molar-refractivity contribution >= 4 is 29.1 Å². The lowest BCUT2D eigenvalue weighted by Gasteiger charge is -2.26. The first kappa shape index (κ1) is 28.3. The molecule has 0 amide bonds. The summed E-state index contributed by atoms with van der Waals surface area (Å²) in [6.45, 7) is 10.2. The number of carbonyl (C=O) groups excluding carboxylic acids is 1. The highest BCUT2D eigenvalue weighted by Gasteiger charge is 2.35. The average molecular weight is 567 g/mol. The Morgan fingerprint density at radius 3 is 2.32 bits per heavy atom. The quantitative estimate of drug-likeness (QED) is 0.251. The highest BCUT2D eigenvalue weighted by Crippen LogP contribution is 2.35. The number of esters is 1. The Hall–Kier alpha value is -4.23. The molecule has 41 heavy (non-hydrogen) atoms. The molecular formula is C34H34N2O4S. The Labute approximate surface area is 243 Å². The first-order valence-corrected chi connectivity index (χ1v) is 14.7. The van der Waals surface area contributed by atoms with Gasteiger partial charge in [-0.15, -0.1) is 0 Å². The minimum Gasteiger partial charge on any atom is -0.490 e. The van der Waals surface area contributed by atoms with E-state index in [-0.39, 0.29) is 18.3 Å². The zero-order valence-corrected chi connectivity index (χ0v) is 24.8. The fourth-order valence-electron chi connectivity index (χ4n) is 4.92. The molecule has 0 unspecified atom stereocenters. The van der Waals surface area contributed by atoms with Crippen LogP contribution in [0.5, 0.6) is 5.75 Å². The third kappa shape index (κ3) is 5.81. The fourth-order valence-corrected chi connectivity index (χ4v) is 5.91. The van der Waals surface area contributed by atoms with Crippen LogP contribution in [-0.2, 0) is 9.53 Å². The van der Waals surface area contributed by atoms with Gasteiger partial charge in [0.1, 0.15) is 5.75 Å². The number of para-hydroxylation sites is 1. The number of benzene rings is 3. The molecule has 5 rings (SSSR count). The van der Waals surface area contributed by atoms with Gasteiger partial charge in [0.25, 0.3) is 5.56 Å². The molecule has 210 valence electrons. The number of ether oxygens (including phenoxy) is 2. The number of carbonyl (C=O) groups is 1. The molecule has 0 fully saturated rings. The van der Waals surface area contributed by atoms with E-state index in [1.807, 2.05) is 86.7 Å². The summed E-state index contributed by atoms with van der Waals surface area (Å²) in [5.41, 5.74) is 4.21. The molecule has 1 atom stereocenters. The van der Waals surface area contributed by atoms with Crippen molar-refractivity contribution < 1.29 is 14.3 Å². The van der Waals surface area contributed by atoms with Crippen LogP contribution in [0, 0.1) is 0 Å². The molecule has 1 aliphatic rings. The van der Waals surface area contributed by atoms with Crippen LogP contribution in [0.1, 0.15) is 68.8 Å². The number of nitrogens with zero attached hydrogens (tertiary/aromatic N) is 2. The fraction of sp³-hybridized carbons (Fsp3) is 0.265. The Kier molecular flexibility index (Phi) is 8.36. The predicted octanol–water partition coefficient (Wildman–Crippen LogP) is 5.85. The van der Waals surface area contributed by atoms with Crippen molar-refractivity contribution in [2.45, 2.75) is 52.7 Å². The topological polar surface area (TPSA) is 69.9 Å². The molecule has 2 heterocycles. The van der Waals surface area contributed by atoms with Crippen molar-refractivity contribution in [2.75, 3.05) is 6.61 Å². The molecule has 0 spiro atoms. The van der Waals surface area contributed by atoms with Gasteiger partial charge in [-0.25, -0.2) is 9.79 Å². The molecule has 7 heteroatoms. The Morgan fingerprint density at radius 1 is 0.976 bits per heavy atom. The van der Waals surface area contributed by atoms with Crippen LogP contribution < -0.4 is 19.6 Å². The summed E-state index contributed by atoms with van der Waals surface area (Å²) in [7, 11) is 0. The Morgan fingerprint density at radius 2 is 1.66 bits per heavy atom. The smallest absolute Gasteiger partial charge is 0.338 e. The summed E-state index contributed by atoms with van der Waals surface area (Å²) in [5.74, 6) is 0.559. The lowest BCUT2D eigenvalue weighted by Crippen LogP contribution is -2.40. The van der Waals surface area contributed by atoms with Gasteiger partial charge in [-0.3, -0.25) is 9.36 Å². The van der Waals surface area contributed by atoms with E-state index in [0.29, 0.717) is 32.3 Å². The standard InChI is InChI=1S/C34H34N2O4S/c1-6-39-33(38)29-30(24-12-8-7-9-13-24)35-34-36(31(29)25-18-16-23(17-19-25)21(2)3)32(37)28(41-34)20-26-14-10-11-15-27(26)40-22(4)5/h7-22,31H,6H2,1-5H3/b28-20-/t31-/m1/s1. The van der Waals surface area contributed by atoms with Gasteiger partial charge < -0.3 is 9.47 Å². The second kappa shape index (κ2) is 12.1. The summed E-state index contributed by atoms with van der Waals surface area (Å²) >= 11 is 1.30. The van der Waals surface area contributed by atoms with Crippen molar-refractivity contribution in [1.82, 2.24) is 4.57 Å². The average Bonchev–Trinajstić information content (AvgIpc) is 3.27. The van der Waals surface area contributed by atoms with E-state index in [2.05, 4.69) is 26.0 Å². The predicted molar refractivity (Wildman–Crippen MR) is 164 cm³/mol. The summed E-state index contributed by atoms with van der Waals surface area (Å²) in [6.07, 6.45) is 1.83. The lowest BCUT2D eigenvalue weighted by atomic mass is 9.91. The van der Waals surface area contributed by atoms with Crippen LogP contribution in [0.15, 0.2) is 94.2 Å². The molecule has 0 bridgehead atoms. The van der Waals surface area contributed by atoms with Gasteiger partial charge in [0.05, 0.1) is 34.6 Å². The van der Waals surface area contributed by atoms with Gasteiger partial charge in [0.2, 0.25) is 0 Å². The molecule has 6 nitrogen and oxygen atoms in total. The van der Waals surface area contributed by atoms with Crippen LogP contribution in [0.25, 0.3) is 11.8 Å². The Balaban J connectivity index is 1.80. The van der Waals surface area contributed by atoms with Gasteiger partial charge >= 0.3 is 5.97 Å². The molecule has 4 aromatic rings. The van der Waals surface area contributed by atoms with Crippen LogP contribution in [-0.4, -0.2) is 23.2 Å². The second-order valence-corrected chi connectivity index (χ2v) is 11.5. The largest absolute Gasteiger partial charge is 0.490 e. The summed E-state index contributed by atoms with van der Waals surface area (Å²) < 4.78 is 13.7. The van der Waals surface area contributed by atoms with Gasteiger partial charge in [-0.05, 0) is 50.0 Å². The van der Waals surface area contributed by atoms with Gasteiger partial charge in [-0.1, -0.05) is 98.0 Å². The maximum Gasteiger partial charge on any atom is 0.338 e. The molecule has 1 aliphatic heterocycles. The number of thiazole rings is 1. The monoisotopic (exact) mass is 566 g/mol. The van der Waals surface area contributed by atoms with Crippen LogP contribution in [0.2, 0.25) is 0 Å². The first-order chi connectivity index (χ1) is 19.8. The minimum absolute atomic E-state index is 0.0138. The van der Waals surface area contributed by atoms with E-state index < -0.39 is 12.0 Å². The van der Waals surface area contributed by atoms with Crippen molar-refractivity contribution in [3.8, 4) is 5.75 Å². The number of aromatic nitrogens is 1. The highest BCUT2D eigenvalue weighted by atomic mass is 32.1. The summed E-state index contributed by atoms with van der Waals surface area (Å²) in [4.78, 5) is 33.2. The van der Waals surface area contributed by atoms with E-state index in [1.165, 1.54) is 16.9 Å². The van der Waals surface area contributed by atoms with Gasteiger partial charge in [0.15, 0.2) is 4.80 Å². The molecule has 1 aromatic heterocycles. The molecule has 0 saturated carbocycles. The maximum absolute atomic E-state index is 14.1. The second-order valence-electron chi connectivity index (χ2n) is 10.5. The normalized spacial score (nSPS) is 15.2. The van der Waals surface area contributed by atoms with E-state index in [4.69, 9.17) is 14.5 Å². The number of rotatable bonds is 8. The van der Waals surface area contributed by atoms with Crippen LogP contribution in [0.3, 0.4) is 0 Å². The SMILES string of the molecule is CCOC(=O)C1=C(c2ccccc2)N=c2s/c(=C\c3ccccc3OC(C)C)c(=O)n2[C@@H]1c1ccc(C(C)C)cc1. The number of fused-ring (bicyclic) bond motifs is 1. The van der Waals surface area contributed by atoms with Crippen LogP contribution in [0.4, 0.5) is 0 Å². The highest BCUT2D eigenvalue weighted by molar-refractivity contribution is 7.07. The van der Waals surface area contributed by atoms with Crippen molar-refractivity contribution in [2.24, 2.45) is 4.99 Å². The third-order valence-corrected chi connectivity index (χ3v) is 7.84. The van der Waals surface area contributed by atoms with Crippen molar-refractivity contribution in [3.05, 3.63) is 126 Å². The third-order valence-electron chi connectivity index (χ3n) is 6.86. The molecule has 3 aromatic carbocycles. The zero-order valence-electron chi connectivity index (χ0n) is 24.0. The van der Waals surface area contributed by atoms with Crippen LogP contribution >= 0.6 is 11.3 Å². The number of hydrogen-bond acceptors (Lipinski definition) is 6. The minimum atomic E-state index is -0.703. The zero-order chi connectivity index (χ0) is 29.1. The van der Waals surface area contributed by atoms with E-state index >= 15 is 0 Å². The maximum atomic E-state index is 14.1. The van der Waals surface area contributed by atoms with Gasteiger partial charge in [0, 0.05) is 11.1 Å². The van der Waals surface area contributed by atoms with E-state index in [9.17, 15) is 9.59 Å². The molecule has 0 radical (unpaired) electrons. The van der Waals surface area contributed by atoms with E-state index in [1.54, 1.807) is 11.5 Å². The van der Waals surface area contributed by atoms with Crippen molar-refractivity contribution in [1.29, 1.82) is 0 Å². The molecule has 0 aliphatic carbocycles. The molecular weight excluding hydrogens is 532 g/mol. The first-order valence-electron chi connectivity index (χ1n) is 13.9. The Bertz CT molecular complexity index is 1760. The summed E-state index contributed by atoms with van der Waals surface area (Å²) in [6, 6.07) is 24.6. The van der Waals surface area contributed by atoms with Crippen molar-refractivity contribution in [3.63, 3.8) is 0 Å². The number of hydrogen-bond donors (Lipinski definition) is 0. The lowest BCUT2D eigenvalue weighted by molar-refractivity contribution is -0.138.